The zero-order chi connectivity index (χ0) is 18.7. The molecule has 4 rings (SSSR count). The van der Waals surface area contributed by atoms with Crippen molar-refractivity contribution in [2.45, 2.75) is 71.3 Å². The Hall–Kier alpha value is -1.08. The van der Waals surface area contributed by atoms with Crippen LogP contribution in [0, 0.1) is 6.92 Å². The van der Waals surface area contributed by atoms with Crippen molar-refractivity contribution in [2.24, 2.45) is 0 Å². The lowest BCUT2D eigenvalue weighted by Crippen LogP contribution is -2.41. The zero-order valence-electron chi connectivity index (χ0n) is 16.1. The third-order valence-electron chi connectivity index (χ3n) is 5.98. The van der Waals surface area contributed by atoms with Crippen LogP contribution >= 0.6 is 11.6 Å². The number of aryl methyl sites for hydroxylation is 1. The van der Waals surface area contributed by atoms with Crippen molar-refractivity contribution in [3.63, 3.8) is 0 Å². The van der Waals surface area contributed by atoms with E-state index in [0.717, 1.165) is 47.8 Å². The van der Waals surface area contributed by atoms with E-state index in [0.29, 0.717) is 5.02 Å². The molecule has 2 aliphatic heterocycles. The van der Waals surface area contributed by atoms with Crippen LogP contribution in [-0.4, -0.2) is 34.7 Å². The van der Waals surface area contributed by atoms with Crippen molar-refractivity contribution in [2.75, 3.05) is 6.61 Å². The maximum atomic E-state index is 6.71. The summed E-state index contributed by atoms with van der Waals surface area (Å²) < 4.78 is 20.5. The van der Waals surface area contributed by atoms with Gasteiger partial charge in [0.05, 0.1) is 22.9 Å². The summed E-state index contributed by atoms with van der Waals surface area (Å²) in [6.07, 6.45) is 5.08. The van der Waals surface area contributed by atoms with E-state index in [9.17, 15) is 0 Å². The Kier molecular flexibility index (Phi) is 4.38. The average molecular weight is 377 g/mol. The Bertz CT molecular complexity index is 827. The van der Waals surface area contributed by atoms with Crippen molar-refractivity contribution >= 4 is 35.1 Å². The number of aromatic nitrogens is 2. The number of ether oxygens (including phenoxy) is 1. The molecule has 5 nitrogen and oxygen atoms in total. The SMILES string of the molecule is Cc1cc2c(cnn2[C@@H]2CCCCO2)c(B2OC(C)(C)C(C)(C)O2)c1Cl. The highest BCUT2D eigenvalue weighted by atomic mass is 35.5. The van der Waals surface area contributed by atoms with Gasteiger partial charge in [-0.2, -0.15) is 5.10 Å². The fourth-order valence-electron chi connectivity index (χ4n) is 3.66. The van der Waals surface area contributed by atoms with Gasteiger partial charge in [-0.25, -0.2) is 4.68 Å². The lowest BCUT2D eigenvalue weighted by atomic mass is 9.76. The topological polar surface area (TPSA) is 45.5 Å². The average Bonchev–Trinajstić information content (AvgIpc) is 3.07. The molecule has 140 valence electrons. The molecule has 7 heteroatoms. The molecule has 0 amide bonds. The van der Waals surface area contributed by atoms with Gasteiger partial charge in [0.15, 0.2) is 6.23 Å². The quantitative estimate of drug-likeness (QED) is 0.743. The molecule has 0 aliphatic carbocycles. The molecule has 0 unspecified atom stereocenters. The van der Waals surface area contributed by atoms with Gasteiger partial charge in [-0.15, -0.1) is 0 Å². The number of halogens is 1. The normalized spacial score (nSPS) is 25.2. The van der Waals surface area contributed by atoms with Crippen LogP contribution in [0.2, 0.25) is 5.02 Å². The van der Waals surface area contributed by atoms with E-state index in [1.165, 1.54) is 0 Å². The summed E-state index contributed by atoms with van der Waals surface area (Å²) >= 11 is 6.71. The Morgan fingerprint density at radius 2 is 1.88 bits per heavy atom. The molecule has 0 spiro atoms. The van der Waals surface area contributed by atoms with Gasteiger partial charge in [-0.1, -0.05) is 11.6 Å². The van der Waals surface area contributed by atoms with Crippen LogP contribution in [0.4, 0.5) is 0 Å². The number of benzene rings is 1. The van der Waals surface area contributed by atoms with Crippen molar-refractivity contribution in [1.29, 1.82) is 0 Å². The van der Waals surface area contributed by atoms with Crippen LogP contribution in [0.3, 0.4) is 0 Å². The molecule has 2 saturated heterocycles. The molecule has 0 bridgehead atoms. The minimum Gasteiger partial charge on any atom is -0.399 e. The zero-order valence-corrected chi connectivity index (χ0v) is 16.9. The molecule has 0 N–H and O–H groups in total. The summed E-state index contributed by atoms with van der Waals surface area (Å²) in [4.78, 5) is 0. The van der Waals surface area contributed by atoms with Gasteiger partial charge in [0.2, 0.25) is 0 Å². The molecule has 3 heterocycles. The number of nitrogens with zero attached hydrogens (tertiary/aromatic N) is 2. The van der Waals surface area contributed by atoms with Crippen LogP contribution in [-0.2, 0) is 14.0 Å². The predicted molar refractivity (Wildman–Crippen MR) is 104 cm³/mol. The maximum Gasteiger partial charge on any atom is 0.497 e. The predicted octanol–water partition coefficient (Wildman–Crippen LogP) is 4.00. The summed E-state index contributed by atoms with van der Waals surface area (Å²) in [5, 5.41) is 6.27. The van der Waals surface area contributed by atoms with Gasteiger partial charge in [0, 0.05) is 22.5 Å². The summed E-state index contributed by atoms with van der Waals surface area (Å²) in [6.45, 7) is 11.0. The highest BCUT2D eigenvalue weighted by Gasteiger charge is 2.53. The number of rotatable bonds is 2. The monoisotopic (exact) mass is 376 g/mol. The molecular weight excluding hydrogens is 350 g/mol. The van der Waals surface area contributed by atoms with Gasteiger partial charge in [-0.05, 0) is 65.5 Å². The standard InChI is InChI=1S/C19H26BClN2O3/c1-12-10-14-13(11-22-23(14)15-8-6-7-9-24-15)16(17(12)21)20-25-18(2,3)19(4,5)26-20/h10-11,15H,6-9H2,1-5H3/t15-/m0/s1. The van der Waals surface area contributed by atoms with E-state index in [4.69, 9.17) is 25.6 Å². The van der Waals surface area contributed by atoms with E-state index >= 15 is 0 Å². The van der Waals surface area contributed by atoms with E-state index < -0.39 is 18.3 Å². The van der Waals surface area contributed by atoms with E-state index in [1.807, 2.05) is 45.5 Å². The minimum atomic E-state index is -0.514. The highest BCUT2D eigenvalue weighted by Crippen LogP contribution is 2.38. The molecule has 1 aromatic heterocycles. The summed E-state index contributed by atoms with van der Waals surface area (Å²) in [5.74, 6) is 0. The molecular formula is C19H26BClN2O3. The van der Waals surface area contributed by atoms with Crippen molar-refractivity contribution in [3.05, 3.63) is 22.8 Å². The van der Waals surface area contributed by atoms with Crippen LogP contribution in [0.5, 0.6) is 0 Å². The van der Waals surface area contributed by atoms with Gasteiger partial charge in [0.1, 0.15) is 0 Å². The van der Waals surface area contributed by atoms with Gasteiger partial charge in [-0.3, -0.25) is 0 Å². The third kappa shape index (κ3) is 2.78. The van der Waals surface area contributed by atoms with Crippen molar-refractivity contribution in [1.82, 2.24) is 9.78 Å². The lowest BCUT2D eigenvalue weighted by Gasteiger charge is -2.32. The van der Waals surface area contributed by atoms with Gasteiger partial charge in [0.25, 0.3) is 0 Å². The minimum absolute atomic E-state index is 0.0204. The molecule has 26 heavy (non-hydrogen) atoms. The first-order chi connectivity index (χ1) is 12.2. The fraction of sp³-hybridized carbons (Fsp3) is 0.632. The molecule has 1 aromatic carbocycles. The van der Waals surface area contributed by atoms with E-state index in [1.54, 1.807) is 0 Å². The second-order valence-electron chi connectivity index (χ2n) is 8.35. The molecule has 2 aliphatic rings. The molecule has 1 atom stereocenters. The number of hydrogen-bond donors (Lipinski definition) is 0. The molecule has 2 aromatic rings. The Labute approximate surface area is 160 Å². The second-order valence-corrected chi connectivity index (χ2v) is 8.73. The van der Waals surface area contributed by atoms with E-state index in [-0.39, 0.29) is 6.23 Å². The van der Waals surface area contributed by atoms with Crippen LogP contribution < -0.4 is 5.46 Å². The summed E-state index contributed by atoms with van der Waals surface area (Å²) in [6, 6.07) is 2.08. The Balaban J connectivity index is 1.82. The third-order valence-corrected chi connectivity index (χ3v) is 6.48. The number of hydrogen-bond acceptors (Lipinski definition) is 4. The summed E-state index contributed by atoms with van der Waals surface area (Å²) in [7, 11) is -0.514. The van der Waals surface area contributed by atoms with Crippen molar-refractivity contribution in [3.8, 4) is 0 Å². The largest absolute Gasteiger partial charge is 0.497 e. The molecule has 2 fully saturated rings. The smallest absolute Gasteiger partial charge is 0.399 e. The first-order valence-electron chi connectivity index (χ1n) is 9.35. The second kappa shape index (κ2) is 6.23. The highest BCUT2D eigenvalue weighted by molar-refractivity contribution is 6.68. The van der Waals surface area contributed by atoms with E-state index in [2.05, 4.69) is 11.2 Å². The Morgan fingerprint density at radius 1 is 1.19 bits per heavy atom. The fourth-order valence-corrected chi connectivity index (χ4v) is 3.91. The first kappa shape index (κ1) is 18.3. The Morgan fingerprint density at radius 3 is 2.50 bits per heavy atom. The van der Waals surface area contributed by atoms with Crippen LogP contribution in [0.15, 0.2) is 12.3 Å². The van der Waals surface area contributed by atoms with Gasteiger partial charge < -0.3 is 14.0 Å². The van der Waals surface area contributed by atoms with Crippen LogP contribution in [0.1, 0.15) is 58.7 Å². The maximum absolute atomic E-state index is 6.71. The summed E-state index contributed by atoms with van der Waals surface area (Å²) in [5.41, 5.74) is 2.03. The lowest BCUT2D eigenvalue weighted by molar-refractivity contribution is -0.0366. The van der Waals surface area contributed by atoms with Crippen LogP contribution in [0.25, 0.3) is 10.9 Å². The first-order valence-corrected chi connectivity index (χ1v) is 9.72. The van der Waals surface area contributed by atoms with Gasteiger partial charge >= 0.3 is 7.12 Å². The van der Waals surface area contributed by atoms with Crippen molar-refractivity contribution < 1.29 is 14.0 Å². The molecule has 0 radical (unpaired) electrons. The molecule has 0 saturated carbocycles. The number of fused-ring (bicyclic) bond motifs is 1.